The fourth-order valence-electron chi connectivity index (χ4n) is 2.24. The van der Waals surface area contributed by atoms with Crippen LogP contribution in [0.3, 0.4) is 0 Å². The second kappa shape index (κ2) is 5.32. The summed E-state index contributed by atoms with van der Waals surface area (Å²) in [7, 11) is 0. The van der Waals surface area contributed by atoms with Gasteiger partial charge >= 0.3 is 0 Å². The smallest absolute Gasteiger partial charge is 0.226 e. The lowest BCUT2D eigenvalue weighted by molar-refractivity contribution is -0.129. The van der Waals surface area contributed by atoms with Gasteiger partial charge in [-0.25, -0.2) is 0 Å². The molecule has 3 nitrogen and oxygen atoms in total. The van der Waals surface area contributed by atoms with Crippen LogP contribution in [0.25, 0.3) is 0 Å². The molecular weight excluding hydrogens is 212 g/mol. The van der Waals surface area contributed by atoms with Crippen molar-refractivity contribution in [3.8, 4) is 0 Å². The first-order valence-electron chi connectivity index (χ1n) is 6.22. The predicted octanol–water partition coefficient (Wildman–Crippen LogP) is 1.34. The SMILES string of the molecule is Cc1ccc(CC(=O)N2CC[C@H](CN)C2)cc1. The number of nitrogens with zero attached hydrogens (tertiary/aromatic N) is 1. The van der Waals surface area contributed by atoms with Crippen LogP contribution in [-0.2, 0) is 11.2 Å². The average molecular weight is 232 g/mol. The van der Waals surface area contributed by atoms with E-state index in [-0.39, 0.29) is 5.91 Å². The molecule has 0 radical (unpaired) electrons. The van der Waals surface area contributed by atoms with Gasteiger partial charge in [0.05, 0.1) is 6.42 Å². The molecule has 1 fully saturated rings. The highest BCUT2D eigenvalue weighted by atomic mass is 16.2. The molecule has 1 aliphatic heterocycles. The first-order valence-corrected chi connectivity index (χ1v) is 6.22. The Morgan fingerprint density at radius 2 is 2.12 bits per heavy atom. The van der Waals surface area contributed by atoms with Gasteiger partial charge in [0.1, 0.15) is 0 Å². The number of benzene rings is 1. The molecule has 92 valence electrons. The summed E-state index contributed by atoms with van der Waals surface area (Å²) in [4.78, 5) is 14.0. The molecule has 1 heterocycles. The minimum atomic E-state index is 0.227. The van der Waals surface area contributed by atoms with Gasteiger partial charge in [0.25, 0.3) is 0 Å². The molecule has 0 aromatic heterocycles. The highest BCUT2D eigenvalue weighted by Crippen LogP contribution is 2.16. The van der Waals surface area contributed by atoms with E-state index >= 15 is 0 Å². The molecular formula is C14H20N2O. The van der Waals surface area contributed by atoms with Crippen molar-refractivity contribution in [2.24, 2.45) is 11.7 Å². The molecule has 17 heavy (non-hydrogen) atoms. The van der Waals surface area contributed by atoms with Gasteiger partial charge in [-0.2, -0.15) is 0 Å². The van der Waals surface area contributed by atoms with E-state index in [9.17, 15) is 4.79 Å². The third kappa shape index (κ3) is 3.07. The minimum Gasteiger partial charge on any atom is -0.342 e. The number of aryl methyl sites for hydroxylation is 1. The van der Waals surface area contributed by atoms with E-state index in [4.69, 9.17) is 5.73 Å². The Morgan fingerprint density at radius 3 is 2.71 bits per heavy atom. The fourth-order valence-corrected chi connectivity index (χ4v) is 2.24. The van der Waals surface area contributed by atoms with Crippen LogP contribution in [0.2, 0.25) is 0 Å². The number of nitrogens with two attached hydrogens (primary N) is 1. The Kier molecular flexibility index (Phi) is 3.79. The lowest BCUT2D eigenvalue weighted by atomic mass is 10.1. The maximum Gasteiger partial charge on any atom is 0.226 e. The zero-order chi connectivity index (χ0) is 12.3. The fraction of sp³-hybridized carbons (Fsp3) is 0.500. The van der Waals surface area contributed by atoms with Crippen molar-refractivity contribution in [2.45, 2.75) is 19.8 Å². The Hall–Kier alpha value is -1.35. The van der Waals surface area contributed by atoms with Gasteiger partial charge in [-0.05, 0) is 31.4 Å². The highest BCUT2D eigenvalue weighted by Gasteiger charge is 2.24. The maximum absolute atomic E-state index is 12.0. The van der Waals surface area contributed by atoms with Gasteiger partial charge in [-0.15, -0.1) is 0 Å². The van der Waals surface area contributed by atoms with E-state index in [2.05, 4.69) is 19.1 Å². The topological polar surface area (TPSA) is 46.3 Å². The van der Waals surface area contributed by atoms with Crippen LogP contribution >= 0.6 is 0 Å². The zero-order valence-electron chi connectivity index (χ0n) is 10.4. The summed E-state index contributed by atoms with van der Waals surface area (Å²) in [6.45, 7) is 4.44. The number of likely N-dealkylation sites (tertiary alicyclic amines) is 1. The first-order chi connectivity index (χ1) is 8.19. The third-order valence-corrected chi connectivity index (χ3v) is 3.45. The maximum atomic E-state index is 12.0. The molecule has 0 spiro atoms. The van der Waals surface area contributed by atoms with Crippen LogP contribution in [0, 0.1) is 12.8 Å². The number of carbonyl (C=O) groups excluding carboxylic acids is 1. The molecule has 1 aliphatic rings. The summed E-state index contributed by atoms with van der Waals surface area (Å²) >= 11 is 0. The molecule has 1 aromatic rings. The number of carbonyl (C=O) groups is 1. The molecule has 2 N–H and O–H groups in total. The van der Waals surface area contributed by atoms with Gasteiger partial charge in [0.2, 0.25) is 5.91 Å². The average Bonchev–Trinajstić information content (AvgIpc) is 2.81. The molecule has 1 atom stereocenters. The minimum absolute atomic E-state index is 0.227. The van der Waals surface area contributed by atoms with E-state index < -0.39 is 0 Å². The summed E-state index contributed by atoms with van der Waals surface area (Å²) in [6.07, 6.45) is 1.56. The molecule has 0 unspecified atom stereocenters. The van der Waals surface area contributed by atoms with Gasteiger partial charge in [-0.3, -0.25) is 4.79 Å². The van der Waals surface area contributed by atoms with Crippen molar-refractivity contribution in [3.63, 3.8) is 0 Å². The highest BCUT2D eigenvalue weighted by molar-refractivity contribution is 5.79. The first kappa shape index (κ1) is 12.1. The second-order valence-corrected chi connectivity index (χ2v) is 4.89. The molecule has 2 rings (SSSR count). The third-order valence-electron chi connectivity index (χ3n) is 3.45. The van der Waals surface area contributed by atoms with Crippen LogP contribution in [0.5, 0.6) is 0 Å². The van der Waals surface area contributed by atoms with Crippen LogP contribution in [0.1, 0.15) is 17.5 Å². The second-order valence-electron chi connectivity index (χ2n) is 4.89. The Labute approximate surface area is 103 Å². The Bertz CT molecular complexity index is 386. The van der Waals surface area contributed by atoms with Crippen molar-refractivity contribution >= 4 is 5.91 Å². The van der Waals surface area contributed by atoms with Crippen molar-refractivity contribution in [1.82, 2.24) is 4.90 Å². The van der Waals surface area contributed by atoms with Crippen molar-refractivity contribution < 1.29 is 4.79 Å². The van der Waals surface area contributed by atoms with Gasteiger partial charge in [0, 0.05) is 13.1 Å². The lowest BCUT2D eigenvalue weighted by Gasteiger charge is -2.16. The van der Waals surface area contributed by atoms with Gasteiger partial charge in [0.15, 0.2) is 0 Å². The van der Waals surface area contributed by atoms with E-state index in [1.165, 1.54) is 5.56 Å². The molecule has 1 saturated heterocycles. The van der Waals surface area contributed by atoms with Crippen LogP contribution in [0.15, 0.2) is 24.3 Å². The van der Waals surface area contributed by atoms with Crippen LogP contribution < -0.4 is 5.73 Å². The molecule has 0 bridgehead atoms. The molecule has 0 aliphatic carbocycles. The molecule has 1 aromatic carbocycles. The standard InChI is InChI=1S/C14H20N2O/c1-11-2-4-12(5-3-11)8-14(17)16-7-6-13(9-15)10-16/h2-5,13H,6-10,15H2,1H3/t13-/m1/s1. The lowest BCUT2D eigenvalue weighted by Crippen LogP contribution is -2.31. The monoisotopic (exact) mass is 232 g/mol. The quantitative estimate of drug-likeness (QED) is 0.855. The van der Waals surface area contributed by atoms with Crippen molar-refractivity contribution in [3.05, 3.63) is 35.4 Å². The van der Waals surface area contributed by atoms with Gasteiger partial charge in [-0.1, -0.05) is 29.8 Å². The van der Waals surface area contributed by atoms with E-state index in [0.29, 0.717) is 18.9 Å². The molecule has 1 amide bonds. The van der Waals surface area contributed by atoms with Gasteiger partial charge < -0.3 is 10.6 Å². The summed E-state index contributed by atoms with van der Waals surface area (Å²) in [6, 6.07) is 8.16. The molecule has 0 saturated carbocycles. The summed E-state index contributed by atoms with van der Waals surface area (Å²) in [5.74, 6) is 0.724. The largest absolute Gasteiger partial charge is 0.342 e. The zero-order valence-corrected chi connectivity index (χ0v) is 10.4. The number of hydrogen-bond acceptors (Lipinski definition) is 2. The number of amides is 1. The predicted molar refractivity (Wildman–Crippen MR) is 68.6 cm³/mol. The van der Waals surface area contributed by atoms with Crippen molar-refractivity contribution in [2.75, 3.05) is 19.6 Å². The summed E-state index contributed by atoms with van der Waals surface area (Å²) in [5, 5.41) is 0. The number of hydrogen-bond donors (Lipinski definition) is 1. The van der Waals surface area contributed by atoms with E-state index in [1.54, 1.807) is 0 Å². The Balaban J connectivity index is 1.91. The molecule has 3 heteroatoms. The summed E-state index contributed by atoms with van der Waals surface area (Å²) < 4.78 is 0. The summed E-state index contributed by atoms with van der Waals surface area (Å²) in [5.41, 5.74) is 7.95. The van der Waals surface area contributed by atoms with Crippen LogP contribution in [-0.4, -0.2) is 30.4 Å². The van der Waals surface area contributed by atoms with Crippen LogP contribution in [0.4, 0.5) is 0 Å². The Morgan fingerprint density at radius 1 is 1.41 bits per heavy atom. The van der Waals surface area contributed by atoms with Crippen molar-refractivity contribution in [1.29, 1.82) is 0 Å². The normalized spacial score (nSPS) is 19.6. The van der Waals surface area contributed by atoms with E-state index in [1.807, 2.05) is 17.0 Å². The number of rotatable bonds is 3. The van der Waals surface area contributed by atoms with E-state index in [0.717, 1.165) is 25.1 Å².